The van der Waals surface area contributed by atoms with E-state index in [1.807, 2.05) is 12.1 Å². The van der Waals surface area contributed by atoms with Gasteiger partial charge >= 0.3 is 0 Å². The Labute approximate surface area is 171 Å². The molecule has 1 amide bonds. The molecule has 9 nitrogen and oxygen atoms in total. The Morgan fingerprint density at radius 3 is 2.76 bits per heavy atom. The lowest BCUT2D eigenvalue weighted by molar-refractivity contribution is 0.0730. The van der Waals surface area contributed by atoms with Crippen molar-refractivity contribution in [3.05, 3.63) is 36.2 Å². The van der Waals surface area contributed by atoms with Gasteiger partial charge in [0.25, 0.3) is 5.91 Å². The lowest BCUT2D eigenvalue weighted by Gasteiger charge is -2.25. The van der Waals surface area contributed by atoms with E-state index in [0.717, 1.165) is 10.2 Å². The Kier molecular flexibility index (Phi) is 5.30. The highest BCUT2D eigenvalue weighted by Crippen LogP contribution is 2.29. The molecule has 154 valence electrons. The van der Waals surface area contributed by atoms with Crippen LogP contribution >= 0.6 is 11.3 Å². The maximum absolute atomic E-state index is 12.8. The van der Waals surface area contributed by atoms with Crippen molar-refractivity contribution < 1.29 is 22.7 Å². The number of aromatic nitrogens is 2. The van der Waals surface area contributed by atoms with Crippen molar-refractivity contribution in [2.45, 2.75) is 4.90 Å². The van der Waals surface area contributed by atoms with Gasteiger partial charge in [0.2, 0.25) is 10.0 Å². The summed E-state index contributed by atoms with van der Waals surface area (Å²) >= 11 is 1.32. The minimum atomic E-state index is -3.67. The zero-order valence-corrected chi connectivity index (χ0v) is 17.5. The van der Waals surface area contributed by atoms with Crippen LogP contribution in [0.15, 0.2) is 35.4 Å². The number of hydrogen-bond donors (Lipinski definition) is 1. The van der Waals surface area contributed by atoms with Gasteiger partial charge in [0, 0.05) is 26.3 Å². The number of benzene rings is 1. The van der Waals surface area contributed by atoms with Crippen LogP contribution < -0.4 is 10.1 Å². The Balaban J connectivity index is 1.56. The van der Waals surface area contributed by atoms with Gasteiger partial charge in [0.05, 0.1) is 30.5 Å². The van der Waals surface area contributed by atoms with E-state index in [2.05, 4.69) is 10.3 Å². The van der Waals surface area contributed by atoms with Crippen molar-refractivity contribution in [2.24, 2.45) is 7.05 Å². The summed E-state index contributed by atoms with van der Waals surface area (Å²) in [7, 11) is -0.451. The van der Waals surface area contributed by atoms with Gasteiger partial charge in [0.1, 0.15) is 16.3 Å². The van der Waals surface area contributed by atoms with Crippen LogP contribution in [-0.4, -0.2) is 61.6 Å². The maximum Gasteiger partial charge on any atom is 0.274 e. The summed E-state index contributed by atoms with van der Waals surface area (Å²) in [6.07, 6.45) is 1.45. The number of methoxy groups -OCH3 is 1. The smallest absolute Gasteiger partial charge is 0.274 e. The monoisotopic (exact) mass is 436 g/mol. The minimum absolute atomic E-state index is 0.0843. The molecule has 4 rings (SSSR count). The quantitative estimate of drug-likeness (QED) is 0.656. The molecule has 2 aromatic heterocycles. The summed E-state index contributed by atoms with van der Waals surface area (Å²) < 4.78 is 39.8. The maximum atomic E-state index is 12.8. The van der Waals surface area contributed by atoms with E-state index in [-0.39, 0.29) is 10.6 Å². The van der Waals surface area contributed by atoms with Crippen molar-refractivity contribution in [1.29, 1.82) is 0 Å². The lowest BCUT2D eigenvalue weighted by atomic mass is 10.3. The van der Waals surface area contributed by atoms with Crippen LogP contribution in [-0.2, 0) is 21.8 Å². The number of aryl methyl sites for hydroxylation is 1. The number of hydrogen-bond acceptors (Lipinski definition) is 7. The van der Waals surface area contributed by atoms with Crippen molar-refractivity contribution in [3.63, 3.8) is 0 Å². The largest absolute Gasteiger partial charge is 0.497 e. The molecule has 0 bridgehead atoms. The van der Waals surface area contributed by atoms with Crippen molar-refractivity contribution in [2.75, 3.05) is 38.7 Å². The van der Waals surface area contributed by atoms with Gasteiger partial charge in [0.15, 0.2) is 5.13 Å². The molecule has 1 saturated heterocycles. The fourth-order valence-corrected chi connectivity index (χ4v) is 5.45. The van der Waals surface area contributed by atoms with Crippen LogP contribution in [0, 0.1) is 0 Å². The molecule has 0 spiro atoms. The summed E-state index contributed by atoms with van der Waals surface area (Å²) in [5.41, 5.74) is 0.974. The first-order valence-corrected chi connectivity index (χ1v) is 11.1. The molecule has 3 aromatic rings. The van der Waals surface area contributed by atoms with Gasteiger partial charge in [-0.1, -0.05) is 11.3 Å². The van der Waals surface area contributed by atoms with Crippen LogP contribution in [0.5, 0.6) is 5.75 Å². The van der Waals surface area contributed by atoms with Gasteiger partial charge in [-0.25, -0.2) is 13.4 Å². The molecule has 29 heavy (non-hydrogen) atoms. The molecule has 3 heterocycles. The molecule has 1 N–H and O–H groups in total. The van der Waals surface area contributed by atoms with Crippen LogP contribution in [0.25, 0.3) is 10.2 Å². The molecule has 1 aliphatic heterocycles. The summed E-state index contributed by atoms with van der Waals surface area (Å²) in [6, 6.07) is 6.85. The first-order chi connectivity index (χ1) is 13.9. The van der Waals surface area contributed by atoms with Crippen LogP contribution in [0.1, 0.15) is 10.5 Å². The van der Waals surface area contributed by atoms with Gasteiger partial charge < -0.3 is 14.0 Å². The predicted octanol–water partition coefficient (Wildman–Crippen LogP) is 1.92. The number of carbonyl (C=O) groups is 1. The topological polar surface area (TPSA) is 103 Å². The molecule has 1 aliphatic rings. The number of nitrogens with one attached hydrogen (secondary N) is 1. The van der Waals surface area contributed by atoms with Crippen molar-refractivity contribution in [3.8, 4) is 5.75 Å². The molecule has 0 unspecified atom stereocenters. The molecular weight excluding hydrogens is 416 g/mol. The number of amides is 1. The molecule has 0 saturated carbocycles. The summed E-state index contributed by atoms with van der Waals surface area (Å²) in [6.45, 7) is 1.32. The predicted molar refractivity (Wildman–Crippen MR) is 109 cm³/mol. The number of thiazole rings is 1. The molecule has 0 atom stereocenters. The van der Waals surface area contributed by atoms with Crippen molar-refractivity contribution in [1.82, 2.24) is 13.9 Å². The fourth-order valence-electron chi connectivity index (χ4n) is 3.08. The third-order valence-corrected chi connectivity index (χ3v) is 7.43. The second-order valence-electron chi connectivity index (χ2n) is 6.50. The first-order valence-electron chi connectivity index (χ1n) is 8.88. The van der Waals surface area contributed by atoms with Crippen LogP contribution in [0.2, 0.25) is 0 Å². The van der Waals surface area contributed by atoms with E-state index in [0.29, 0.717) is 37.2 Å². The van der Waals surface area contributed by atoms with Gasteiger partial charge in [-0.3, -0.25) is 10.1 Å². The molecule has 1 aromatic carbocycles. The second kappa shape index (κ2) is 7.75. The third kappa shape index (κ3) is 3.86. The first kappa shape index (κ1) is 19.8. The number of morpholine rings is 1. The van der Waals surface area contributed by atoms with E-state index in [1.54, 1.807) is 20.2 Å². The van der Waals surface area contributed by atoms with Gasteiger partial charge in [-0.15, -0.1) is 0 Å². The fraction of sp³-hybridized carbons (Fsp3) is 0.333. The molecule has 0 radical (unpaired) electrons. The Morgan fingerprint density at radius 2 is 2.03 bits per heavy atom. The second-order valence-corrected chi connectivity index (χ2v) is 9.46. The highest BCUT2D eigenvalue weighted by molar-refractivity contribution is 7.89. The highest BCUT2D eigenvalue weighted by atomic mass is 32.2. The number of anilines is 1. The average Bonchev–Trinajstić information content (AvgIpc) is 3.31. The van der Waals surface area contributed by atoms with Gasteiger partial charge in [-0.05, 0) is 24.3 Å². The Bertz CT molecular complexity index is 1160. The summed E-state index contributed by atoms with van der Waals surface area (Å²) in [5.74, 6) is 0.279. The molecule has 11 heteroatoms. The number of carbonyl (C=O) groups excluding carboxylic acids is 1. The lowest BCUT2D eigenvalue weighted by Crippen LogP contribution is -2.40. The zero-order chi connectivity index (χ0) is 20.6. The SMILES string of the molecule is COc1ccc2nc(NC(=O)c3cc(S(=O)(=O)N4CCOCC4)cn3C)sc2c1. The van der Waals surface area contributed by atoms with E-state index >= 15 is 0 Å². The number of rotatable bonds is 5. The molecule has 0 aliphatic carbocycles. The standard InChI is InChI=1S/C18H20N4O5S2/c1-21-11-13(29(24,25)22-5-7-27-8-6-22)10-15(21)17(23)20-18-19-14-4-3-12(26-2)9-16(14)28-18/h3-4,9-11H,5-8H2,1-2H3,(H,19,20,23). The molecular formula is C18H20N4O5S2. The third-order valence-electron chi connectivity index (χ3n) is 4.64. The average molecular weight is 437 g/mol. The molecule has 1 fully saturated rings. The number of fused-ring (bicyclic) bond motifs is 1. The van der Waals surface area contributed by atoms with Crippen LogP contribution in [0.3, 0.4) is 0 Å². The van der Waals surface area contributed by atoms with Crippen molar-refractivity contribution >= 4 is 42.6 Å². The van der Waals surface area contributed by atoms with Crippen LogP contribution in [0.4, 0.5) is 5.13 Å². The number of nitrogens with zero attached hydrogens (tertiary/aromatic N) is 3. The Morgan fingerprint density at radius 1 is 1.28 bits per heavy atom. The number of ether oxygens (including phenoxy) is 2. The van der Waals surface area contributed by atoms with E-state index in [9.17, 15) is 13.2 Å². The summed E-state index contributed by atoms with van der Waals surface area (Å²) in [5, 5.41) is 3.18. The normalized spacial score (nSPS) is 15.5. The number of sulfonamides is 1. The van der Waals surface area contributed by atoms with E-state index in [1.165, 1.54) is 32.5 Å². The Hall–Kier alpha value is -2.47. The van der Waals surface area contributed by atoms with E-state index < -0.39 is 15.9 Å². The summed E-state index contributed by atoms with van der Waals surface area (Å²) in [4.78, 5) is 17.2. The minimum Gasteiger partial charge on any atom is -0.497 e. The highest BCUT2D eigenvalue weighted by Gasteiger charge is 2.29. The van der Waals surface area contributed by atoms with E-state index in [4.69, 9.17) is 9.47 Å². The zero-order valence-electron chi connectivity index (χ0n) is 15.9. The van der Waals surface area contributed by atoms with Gasteiger partial charge in [-0.2, -0.15) is 4.31 Å².